The third-order valence-electron chi connectivity index (χ3n) is 3.11. The van der Waals surface area contributed by atoms with Gasteiger partial charge in [0.15, 0.2) is 5.82 Å². The predicted octanol–water partition coefficient (Wildman–Crippen LogP) is 2.99. The molecule has 1 aliphatic carbocycles. The van der Waals surface area contributed by atoms with E-state index in [9.17, 15) is 0 Å². The van der Waals surface area contributed by atoms with Crippen LogP contribution in [0.25, 0.3) is 0 Å². The summed E-state index contributed by atoms with van der Waals surface area (Å²) in [6.07, 6.45) is 10.3. The fourth-order valence-electron chi connectivity index (χ4n) is 2.21. The van der Waals surface area contributed by atoms with Crippen LogP contribution < -0.4 is 10.6 Å². The van der Waals surface area contributed by atoms with E-state index in [4.69, 9.17) is 0 Å². The van der Waals surface area contributed by atoms with Crippen LogP contribution in [0, 0.1) is 0 Å². The molecule has 1 aromatic heterocycles. The summed E-state index contributed by atoms with van der Waals surface area (Å²) in [7, 11) is 0. The van der Waals surface area contributed by atoms with Crippen LogP contribution in [0.3, 0.4) is 0 Å². The van der Waals surface area contributed by atoms with E-state index in [-0.39, 0.29) is 0 Å². The Labute approximate surface area is 114 Å². The minimum atomic E-state index is 0.344. The fraction of sp³-hybridized carbons (Fsp3) is 0.643. The van der Waals surface area contributed by atoms with Crippen LogP contribution >= 0.6 is 0 Å². The summed E-state index contributed by atoms with van der Waals surface area (Å²) >= 11 is 0. The van der Waals surface area contributed by atoms with Crippen LogP contribution in [-0.2, 0) is 0 Å². The zero-order valence-corrected chi connectivity index (χ0v) is 11.8. The van der Waals surface area contributed by atoms with Crippen molar-refractivity contribution in [3.63, 3.8) is 0 Å². The molecule has 0 bridgehead atoms. The minimum absolute atomic E-state index is 0.344. The van der Waals surface area contributed by atoms with Crippen molar-refractivity contribution in [2.45, 2.75) is 52.0 Å². The molecule has 104 valence electrons. The highest BCUT2D eigenvalue weighted by molar-refractivity contribution is 5.37. The quantitative estimate of drug-likeness (QED) is 0.771. The summed E-state index contributed by atoms with van der Waals surface area (Å²) in [4.78, 5) is 4.38. The van der Waals surface area contributed by atoms with Crippen LogP contribution in [0.5, 0.6) is 0 Å². The standard InChI is InChI=1S/C14H23N5/c1-11(2)17-13-10-16-19-14(18-13)15-9-8-12-6-4-3-5-7-12/h6,10-11H,3-5,7-9H2,1-2H3,(H2,15,17,18,19). The Morgan fingerprint density at radius 1 is 1.32 bits per heavy atom. The molecule has 0 radical (unpaired) electrons. The van der Waals surface area contributed by atoms with Gasteiger partial charge in [0.1, 0.15) is 0 Å². The van der Waals surface area contributed by atoms with Crippen LogP contribution in [0.2, 0.25) is 0 Å². The van der Waals surface area contributed by atoms with E-state index in [1.165, 1.54) is 25.7 Å². The van der Waals surface area contributed by atoms with Gasteiger partial charge in [-0.05, 0) is 46.0 Å². The van der Waals surface area contributed by atoms with Crippen molar-refractivity contribution in [1.82, 2.24) is 15.2 Å². The second-order valence-corrected chi connectivity index (χ2v) is 5.25. The van der Waals surface area contributed by atoms with E-state index >= 15 is 0 Å². The van der Waals surface area contributed by atoms with Gasteiger partial charge in [0.25, 0.3) is 0 Å². The number of nitrogens with one attached hydrogen (secondary N) is 2. The monoisotopic (exact) mass is 261 g/mol. The molecule has 19 heavy (non-hydrogen) atoms. The molecule has 2 rings (SSSR count). The highest BCUT2D eigenvalue weighted by atomic mass is 15.3. The SMILES string of the molecule is CC(C)Nc1cnnc(NCCC2=CCCCC2)n1. The highest BCUT2D eigenvalue weighted by Crippen LogP contribution is 2.19. The van der Waals surface area contributed by atoms with Gasteiger partial charge in [-0.2, -0.15) is 10.1 Å². The largest absolute Gasteiger partial charge is 0.366 e. The number of anilines is 2. The zero-order chi connectivity index (χ0) is 13.5. The minimum Gasteiger partial charge on any atom is -0.366 e. The van der Waals surface area contributed by atoms with Gasteiger partial charge >= 0.3 is 0 Å². The summed E-state index contributed by atoms with van der Waals surface area (Å²) in [6.45, 7) is 5.02. The molecule has 5 heteroatoms. The zero-order valence-electron chi connectivity index (χ0n) is 11.8. The molecule has 5 nitrogen and oxygen atoms in total. The van der Waals surface area contributed by atoms with Gasteiger partial charge < -0.3 is 10.6 Å². The Bertz CT molecular complexity index is 428. The normalized spacial score (nSPS) is 15.2. The average Bonchev–Trinajstić information content (AvgIpc) is 2.40. The molecular weight excluding hydrogens is 238 g/mol. The molecule has 2 N–H and O–H groups in total. The number of nitrogens with zero attached hydrogens (tertiary/aromatic N) is 3. The maximum absolute atomic E-state index is 4.38. The molecule has 1 aromatic rings. The van der Waals surface area contributed by atoms with Crippen LogP contribution in [0.15, 0.2) is 17.8 Å². The van der Waals surface area contributed by atoms with Crippen molar-refractivity contribution in [2.24, 2.45) is 0 Å². The average molecular weight is 261 g/mol. The fourth-order valence-corrected chi connectivity index (χ4v) is 2.21. The molecule has 1 aliphatic rings. The second kappa shape index (κ2) is 7.07. The first-order chi connectivity index (χ1) is 9.24. The first kappa shape index (κ1) is 13.8. The topological polar surface area (TPSA) is 62.7 Å². The second-order valence-electron chi connectivity index (χ2n) is 5.25. The van der Waals surface area contributed by atoms with Crippen molar-refractivity contribution in [3.8, 4) is 0 Å². The van der Waals surface area contributed by atoms with Crippen LogP contribution in [-0.4, -0.2) is 27.8 Å². The molecule has 0 aromatic carbocycles. The van der Waals surface area contributed by atoms with E-state index in [0.717, 1.165) is 18.8 Å². The Hall–Kier alpha value is -1.65. The van der Waals surface area contributed by atoms with Gasteiger partial charge in [0.2, 0.25) is 5.95 Å². The summed E-state index contributed by atoms with van der Waals surface area (Å²) < 4.78 is 0. The molecule has 1 heterocycles. The van der Waals surface area contributed by atoms with E-state index in [1.807, 2.05) is 0 Å². The number of hydrogen-bond donors (Lipinski definition) is 2. The lowest BCUT2D eigenvalue weighted by molar-refractivity contribution is 0.678. The van der Waals surface area contributed by atoms with E-state index in [1.54, 1.807) is 11.8 Å². The van der Waals surface area contributed by atoms with E-state index in [0.29, 0.717) is 12.0 Å². The van der Waals surface area contributed by atoms with Crippen molar-refractivity contribution in [3.05, 3.63) is 17.8 Å². The summed E-state index contributed by atoms with van der Waals surface area (Å²) in [5.74, 6) is 1.37. The Balaban J connectivity index is 1.80. The lowest BCUT2D eigenvalue weighted by Gasteiger charge is -2.13. The molecule has 0 amide bonds. The molecule has 0 fully saturated rings. The molecule has 0 saturated heterocycles. The van der Waals surface area contributed by atoms with Crippen LogP contribution in [0.4, 0.5) is 11.8 Å². The van der Waals surface area contributed by atoms with Crippen molar-refractivity contribution in [1.29, 1.82) is 0 Å². The predicted molar refractivity (Wildman–Crippen MR) is 78.2 cm³/mol. The molecule has 0 saturated carbocycles. The summed E-state index contributed by atoms with van der Waals surface area (Å²) in [5.41, 5.74) is 1.56. The first-order valence-corrected chi connectivity index (χ1v) is 7.12. The molecule has 0 aliphatic heterocycles. The van der Waals surface area contributed by atoms with Gasteiger partial charge in [-0.3, -0.25) is 0 Å². The number of rotatable bonds is 6. The lowest BCUT2D eigenvalue weighted by atomic mass is 9.97. The van der Waals surface area contributed by atoms with E-state index in [2.05, 4.69) is 45.7 Å². The third kappa shape index (κ3) is 4.85. The Kier molecular flexibility index (Phi) is 5.12. The van der Waals surface area contributed by atoms with Gasteiger partial charge in [-0.1, -0.05) is 11.6 Å². The smallest absolute Gasteiger partial charge is 0.244 e. The molecule has 0 unspecified atom stereocenters. The van der Waals surface area contributed by atoms with Crippen molar-refractivity contribution < 1.29 is 0 Å². The maximum atomic E-state index is 4.38. The number of aromatic nitrogens is 3. The van der Waals surface area contributed by atoms with E-state index < -0.39 is 0 Å². The van der Waals surface area contributed by atoms with Gasteiger partial charge in [0, 0.05) is 12.6 Å². The summed E-state index contributed by atoms with van der Waals surface area (Å²) in [5, 5.41) is 14.4. The first-order valence-electron chi connectivity index (χ1n) is 7.12. The van der Waals surface area contributed by atoms with Crippen molar-refractivity contribution >= 4 is 11.8 Å². The Morgan fingerprint density at radius 3 is 2.95 bits per heavy atom. The van der Waals surface area contributed by atoms with Gasteiger partial charge in [-0.15, -0.1) is 5.10 Å². The van der Waals surface area contributed by atoms with Gasteiger partial charge in [-0.25, -0.2) is 0 Å². The summed E-state index contributed by atoms with van der Waals surface area (Å²) in [6, 6.07) is 0.344. The molecule has 0 atom stereocenters. The highest BCUT2D eigenvalue weighted by Gasteiger charge is 2.05. The number of hydrogen-bond acceptors (Lipinski definition) is 5. The molecular formula is C14H23N5. The third-order valence-corrected chi connectivity index (χ3v) is 3.11. The van der Waals surface area contributed by atoms with Gasteiger partial charge in [0.05, 0.1) is 6.20 Å². The van der Waals surface area contributed by atoms with Crippen LogP contribution in [0.1, 0.15) is 46.0 Å². The van der Waals surface area contributed by atoms with Crippen molar-refractivity contribution in [2.75, 3.05) is 17.2 Å². The lowest BCUT2D eigenvalue weighted by Crippen LogP contribution is -2.14. The maximum Gasteiger partial charge on any atom is 0.244 e. The number of allylic oxidation sites excluding steroid dienone is 1. The Morgan fingerprint density at radius 2 is 2.21 bits per heavy atom. The molecule has 0 spiro atoms.